The fraction of sp³-hybridized carbons (Fsp3) is 0.167. The molecule has 0 radical (unpaired) electrons. The van der Waals surface area contributed by atoms with Gasteiger partial charge in [-0.3, -0.25) is 0 Å². The average molecular weight is 289 g/mol. The van der Waals surface area contributed by atoms with Crippen LogP contribution in [0.5, 0.6) is 5.75 Å². The Morgan fingerprint density at radius 1 is 1.16 bits per heavy atom. The maximum absolute atomic E-state index is 12.7. The molecular weight excluding hydrogens is 281 g/mol. The van der Waals surface area contributed by atoms with Crippen molar-refractivity contribution in [3.05, 3.63) is 41.0 Å². The molecule has 0 aliphatic carbocycles. The Morgan fingerprint density at radius 3 is 2.47 bits per heavy atom. The van der Waals surface area contributed by atoms with Gasteiger partial charge in [-0.1, -0.05) is 23.7 Å². The summed E-state index contributed by atoms with van der Waals surface area (Å²) in [5.74, 6) is 0.409. The van der Waals surface area contributed by atoms with Gasteiger partial charge < -0.3 is 4.74 Å². The highest BCUT2D eigenvalue weighted by Gasteiger charge is 2.35. The number of alkyl halides is 3. The van der Waals surface area contributed by atoms with Gasteiger partial charge in [0.1, 0.15) is 5.75 Å². The minimum Gasteiger partial charge on any atom is -0.496 e. The van der Waals surface area contributed by atoms with Crippen molar-refractivity contribution in [3.63, 3.8) is 0 Å². The smallest absolute Gasteiger partial charge is 0.419 e. The van der Waals surface area contributed by atoms with Crippen molar-refractivity contribution in [2.75, 3.05) is 7.11 Å². The zero-order valence-electron chi connectivity index (χ0n) is 9.70. The predicted molar refractivity (Wildman–Crippen MR) is 64.0 cm³/mol. The number of nitrogens with zero attached hydrogens (tertiary/aromatic N) is 2. The van der Waals surface area contributed by atoms with Crippen molar-refractivity contribution in [2.24, 2.45) is 0 Å². The van der Waals surface area contributed by atoms with E-state index in [1.165, 1.54) is 7.11 Å². The lowest BCUT2D eigenvalue weighted by Crippen LogP contribution is -2.08. The highest BCUT2D eigenvalue weighted by Crippen LogP contribution is 2.36. The number of hydrogen-bond donors (Lipinski definition) is 0. The maximum atomic E-state index is 12.7. The SMILES string of the molecule is COc1ccccc1-c1cc(C(F)(F)F)c(Cl)nn1. The molecule has 0 fully saturated rings. The summed E-state index contributed by atoms with van der Waals surface area (Å²) in [5.41, 5.74) is -0.557. The summed E-state index contributed by atoms with van der Waals surface area (Å²) in [6.45, 7) is 0. The van der Waals surface area contributed by atoms with Gasteiger partial charge >= 0.3 is 6.18 Å². The van der Waals surface area contributed by atoms with Crippen LogP contribution in [0.2, 0.25) is 5.15 Å². The van der Waals surface area contributed by atoms with Crippen LogP contribution in [0.4, 0.5) is 13.2 Å². The molecule has 3 nitrogen and oxygen atoms in total. The molecule has 7 heteroatoms. The van der Waals surface area contributed by atoms with E-state index >= 15 is 0 Å². The maximum Gasteiger partial charge on any atom is 0.419 e. The molecule has 0 aliphatic rings. The first-order chi connectivity index (χ1) is 8.93. The molecule has 2 aromatic rings. The second-order valence-corrected chi connectivity index (χ2v) is 3.99. The van der Waals surface area contributed by atoms with Crippen LogP contribution in [0.15, 0.2) is 30.3 Å². The first-order valence-electron chi connectivity index (χ1n) is 5.17. The Bertz CT molecular complexity index is 602. The summed E-state index contributed by atoms with van der Waals surface area (Å²) >= 11 is 5.42. The summed E-state index contributed by atoms with van der Waals surface area (Å²) in [6, 6.07) is 7.45. The third-order valence-electron chi connectivity index (χ3n) is 2.44. The highest BCUT2D eigenvalue weighted by atomic mass is 35.5. The van der Waals surface area contributed by atoms with Gasteiger partial charge in [0.15, 0.2) is 5.15 Å². The van der Waals surface area contributed by atoms with Crippen LogP contribution in [0.25, 0.3) is 11.3 Å². The quantitative estimate of drug-likeness (QED) is 0.842. The van der Waals surface area contributed by atoms with Crippen molar-refractivity contribution in [3.8, 4) is 17.0 Å². The third kappa shape index (κ3) is 2.78. The first kappa shape index (κ1) is 13.6. The van der Waals surface area contributed by atoms with E-state index in [0.717, 1.165) is 6.07 Å². The largest absolute Gasteiger partial charge is 0.496 e. The standard InChI is InChI=1S/C12H8ClF3N2O/c1-19-10-5-3-2-4-7(10)9-6-8(12(14,15)16)11(13)18-17-9/h2-6H,1H3. The Labute approximate surface area is 112 Å². The molecule has 1 aromatic carbocycles. The molecule has 1 aromatic heterocycles. The monoisotopic (exact) mass is 288 g/mol. The lowest BCUT2D eigenvalue weighted by Gasteiger charge is -2.11. The number of rotatable bonds is 2. The van der Waals surface area contributed by atoms with Gasteiger partial charge in [-0.25, -0.2) is 0 Å². The lowest BCUT2D eigenvalue weighted by atomic mass is 10.1. The minimum absolute atomic E-state index is 0.0502. The van der Waals surface area contributed by atoms with Crippen molar-refractivity contribution < 1.29 is 17.9 Å². The number of ether oxygens (including phenoxy) is 1. The summed E-state index contributed by atoms with van der Waals surface area (Å²) < 4.78 is 43.3. The number of methoxy groups -OCH3 is 1. The van der Waals surface area contributed by atoms with Crippen molar-refractivity contribution >= 4 is 11.6 Å². The molecule has 2 rings (SSSR count). The van der Waals surface area contributed by atoms with Crippen LogP contribution < -0.4 is 4.74 Å². The Balaban J connectivity index is 2.58. The van der Waals surface area contributed by atoms with E-state index in [2.05, 4.69) is 10.2 Å². The zero-order chi connectivity index (χ0) is 14.0. The van der Waals surface area contributed by atoms with Gasteiger partial charge in [0.25, 0.3) is 0 Å². The van der Waals surface area contributed by atoms with Gasteiger partial charge in [0, 0.05) is 5.56 Å². The second kappa shape index (κ2) is 5.05. The molecule has 0 N–H and O–H groups in total. The highest BCUT2D eigenvalue weighted by molar-refractivity contribution is 6.30. The number of aromatic nitrogens is 2. The third-order valence-corrected chi connectivity index (χ3v) is 2.72. The summed E-state index contributed by atoms with van der Waals surface area (Å²) in [5, 5.41) is 6.33. The van der Waals surface area contributed by atoms with Crippen LogP contribution in [-0.4, -0.2) is 17.3 Å². The average Bonchev–Trinajstić information content (AvgIpc) is 2.38. The van der Waals surface area contributed by atoms with Crippen molar-refractivity contribution in [2.45, 2.75) is 6.18 Å². The Morgan fingerprint density at radius 2 is 1.84 bits per heavy atom. The molecule has 0 bridgehead atoms. The van der Waals surface area contributed by atoms with E-state index in [1.54, 1.807) is 24.3 Å². The van der Waals surface area contributed by atoms with Crippen LogP contribution in [-0.2, 0) is 6.18 Å². The van der Waals surface area contributed by atoms with E-state index in [-0.39, 0.29) is 5.69 Å². The number of halogens is 4. The molecule has 0 spiro atoms. The Hall–Kier alpha value is -1.82. The molecule has 0 unspecified atom stereocenters. The fourth-order valence-corrected chi connectivity index (χ4v) is 1.76. The molecule has 0 atom stereocenters. The van der Waals surface area contributed by atoms with Crippen LogP contribution in [0.3, 0.4) is 0 Å². The molecule has 0 amide bonds. The minimum atomic E-state index is -4.58. The zero-order valence-corrected chi connectivity index (χ0v) is 10.5. The van der Waals surface area contributed by atoms with Gasteiger partial charge in [0.2, 0.25) is 0 Å². The van der Waals surface area contributed by atoms with Gasteiger partial charge in [-0.15, -0.1) is 10.2 Å². The topological polar surface area (TPSA) is 35.0 Å². The molecule has 0 saturated heterocycles. The van der Waals surface area contributed by atoms with Gasteiger partial charge in [0.05, 0.1) is 18.4 Å². The predicted octanol–water partition coefficient (Wildman–Crippen LogP) is 3.82. The van der Waals surface area contributed by atoms with Crippen LogP contribution >= 0.6 is 11.6 Å². The molecule has 19 heavy (non-hydrogen) atoms. The number of benzene rings is 1. The summed E-state index contributed by atoms with van der Waals surface area (Å²) in [7, 11) is 1.42. The molecular formula is C12H8ClF3N2O. The normalized spacial score (nSPS) is 11.4. The number of para-hydroxylation sites is 1. The Kier molecular flexibility index (Phi) is 3.61. The van der Waals surface area contributed by atoms with Gasteiger partial charge in [-0.2, -0.15) is 13.2 Å². The number of hydrogen-bond acceptors (Lipinski definition) is 3. The van der Waals surface area contributed by atoms with E-state index in [1.807, 2.05) is 0 Å². The molecule has 0 aliphatic heterocycles. The van der Waals surface area contributed by atoms with E-state index in [9.17, 15) is 13.2 Å². The van der Waals surface area contributed by atoms with E-state index < -0.39 is 16.9 Å². The summed E-state index contributed by atoms with van der Waals surface area (Å²) in [4.78, 5) is 0. The lowest BCUT2D eigenvalue weighted by molar-refractivity contribution is -0.137. The van der Waals surface area contributed by atoms with Crippen molar-refractivity contribution in [1.29, 1.82) is 0 Å². The van der Waals surface area contributed by atoms with E-state index in [4.69, 9.17) is 16.3 Å². The first-order valence-corrected chi connectivity index (χ1v) is 5.55. The second-order valence-electron chi connectivity index (χ2n) is 3.63. The van der Waals surface area contributed by atoms with Gasteiger partial charge in [-0.05, 0) is 18.2 Å². The molecule has 100 valence electrons. The van der Waals surface area contributed by atoms with Crippen LogP contribution in [0.1, 0.15) is 5.56 Å². The molecule has 0 saturated carbocycles. The summed E-state index contributed by atoms with van der Waals surface area (Å²) in [6.07, 6.45) is -4.58. The molecule has 1 heterocycles. The van der Waals surface area contributed by atoms with E-state index in [0.29, 0.717) is 11.3 Å². The van der Waals surface area contributed by atoms with Crippen molar-refractivity contribution in [1.82, 2.24) is 10.2 Å². The van der Waals surface area contributed by atoms with Crippen LogP contribution in [0, 0.1) is 0 Å². The fourth-order valence-electron chi connectivity index (χ4n) is 1.56.